The van der Waals surface area contributed by atoms with Crippen molar-refractivity contribution >= 4 is 9.84 Å². The van der Waals surface area contributed by atoms with Crippen LogP contribution in [0.5, 0.6) is 0 Å². The molecule has 5 nitrogen and oxygen atoms in total. The summed E-state index contributed by atoms with van der Waals surface area (Å²) < 4.78 is 23.4. The first-order valence-corrected chi connectivity index (χ1v) is 9.62. The molecule has 3 unspecified atom stereocenters. The number of hydrogen-bond acceptors (Lipinski definition) is 5. The number of sulfone groups is 1. The van der Waals surface area contributed by atoms with Crippen molar-refractivity contribution in [3.8, 4) is 0 Å². The zero-order chi connectivity index (χ0) is 14.8. The zero-order valence-electron chi connectivity index (χ0n) is 13.0. The van der Waals surface area contributed by atoms with Gasteiger partial charge < -0.3 is 10.2 Å². The topological polar surface area (TPSA) is 52.6 Å². The molecular weight excluding hydrogens is 274 g/mol. The molecule has 0 aromatic carbocycles. The highest BCUT2D eigenvalue weighted by Crippen LogP contribution is 2.24. The minimum absolute atomic E-state index is 0.138. The van der Waals surface area contributed by atoms with E-state index in [0.29, 0.717) is 12.1 Å². The van der Waals surface area contributed by atoms with Crippen molar-refractivity contribution in [2.24, 2.45) is 0 Å². The molecule has 0 radical (unpaired) electrons. The van der Waals surface area contributed by atoms with Gasteiger partial charge in [-0.2, -0.15) is 0 Å². The standard InChI is InChI=1S/C14H29N3O2S/c1-16-7-8-17(2)13(11-16)10-15-12-5-4-6-14(9-12)20(3,18)19/h12-15H,4-11H2,1-3H3. The number of nitrogens with zero attached hydrogens (tertiary/aromatic N) is 2. The number of piperazine rings is 1. The monoisotopic (exact) mass is 303 g/mol. The molecule has 6 heteroatoms. The number of hydrogen-bond donors (Lipinski definition) is 1. The zero-order valence-corrected chi connectivity index (χ0v) is 13.8. The number of likely N-dealkylation sites (N-methyl/N-ethyl adjacent to an activating group) is 2. The first-order chi connectivity index (χ1) is 9.36. The van der Waals surface area contributed by atoms with Crippen LogP contribution in [0.4, 0.5) is 0 Å². The second kappa shape index (κ2) is 6.73. The second-order valence-electron chi connectivity index (χ2n) is 6.62. The Morgan fingerprint density at radius 3 is 2.65 bits per heavy atom. The van der Waals surface area contributed by atoms with Crippen molar-refractivity contribution in [1.82, 2.24) is 15.1 Å². The third kappa shape index (κ3) is 4.41. The number of nitrogens with one attached hydrogen (secondary N) is 1. The lowest BCUT2D eigenvalue weighted by molar-refractivity contribution is 0.110. The summed E-state index contributed by atoms with van der Waals surface area (Å²) in [5.41, 5.74) is 0. The molecular formula is C14H29N3O2S. The van der Waals surface area contributed by atoms with Crippen molar-refractivity contribution in [3.05, 3.63) is 0 Å². The third-order valence-corrected chi connectivity index (χ3v) is 6.49. The van der Waals surface area contributed by atoms with Gasteiger partial charge in [0.25, 0.3) is 0 Å². The Bertz CT molecular complexity index is 413. The van der Waals surface area contributed by atoms with Crippen LogP contribution in [0.3, 0.4) is 0 Å². The Labute approximate surface area is 123 Å². The van der Waals surface area contributed by atoms with E-state index < -0.39 is 9.84 Å². The van der Waals surface area contributed by atoms with Crippen LogP contribution in [0, 0.1) is 0 Å². The fraction of sp³-hybridized carbons (Fsp3) is 1.00. The van der Waals surface area contributed by atoms with E-state index in [4.69, 9.17) is 0 Å². The van der Waals surface area contributed by atoms with Crippen molar-refractivity contribution in [3.63, 3.8) is 0 Å². The summed E-state index contributed by atoms with van der Waals surface area (Å²) >= 11 is 0. The smallest absolute Gasteiger partial charge is 0.150 e. The molecule has 3 atom stereocenters. The summed E-state index contributed by atoms with van der Waals surface area (Å²) in [6.45, 7) is 4.29. The summed E-state index contributed by atoms with van der Waals surface area (Å²) in [5, 5.41) is 3.47. The summed E-state index contributed by atoms with van der Waals surface area (Å²) in [4.78, 5) is 4.77. The molecule has 1 N–H and O–H groups in total. The lowest BCUT2D eigenvalue weighted by Crippen LogP contribution is -2.55. The summed E-state index contributed by atoms with van der Waals surface area (Å²) in [6.07, 6.45) is 5.13. The Balaban J connectivity index is 1.81. The van der Waals surface area contributed by atoms with Gasteiger partial charge in [-0.3, -0.25) is 4.90 Å². The van der Waals surface area contributed by atoms with Crippen LogP contribution in [-0.4, -0.2) is 82.1 Å². The van der Waals surface area contributed by atoms with Gasteiger partial charge in [0.1, 0.15) is 9.84 Å². The van der Waals surface area contributed by atoms with Crippen LogP contribution in [0.25, 0.3) is 0 Å². The molecule has 20 heavy (non-hydrogen) atoms. The van der Waals surface area contributed by atoms with Crippen LogP contribution in [-0.2, 0) is 9.84 Å². The Morgan fingerprint density at radius 1 is 1.20 bits per heavy atom. The lowest BCUT2D eigenvalue weighted by atomic mass is 9.94. The van der Waals surface area contributed by atoms with E-state index in [9.17, 15) is 8.42 Å². The maximum absolute atomic E-state index is 11.7. The summed E-state index contributed by atoms with van der Waals surface area (Å²) in [5.74, 6) is 0. The molecule has 1 saturated carbocycles. The molecule has 0 bridgehead atoms. The van der Waals surface area contributed by atoms with Crippen LogP contribution in [0.15, 0.2) is 0 Å². The highest BCUT2D eigenvalue weighted by molar-refractivity contribution is 7.91. The van der Waals surface area contributed by atoms with Gasteiger partial charge in [-0.1, -0.05) is 6.42 Å². The minimum Gasteiger partial charge on any atom is -0.312 e. The van der Waals surface area contributed by atoms with Crippen LogP contribution >= 0.6 is 0 Å². The van der Waals surface area contributed by atoms with E-state index in [1.54, 1.807) is 0 Å². The largest absolute Gasteiger partial charge is 0.312 e. The molecule has 2 fully saturated rings. The van der Waals surface area contributed by atoms with E-state index in [0.717, 1.165) is 51.9 Å². The Morgan fingerprint density at radius 2 is 1.95 bits per heavy atom. The molecule has 118 valence electrons. The van der Waals surface area contributed by atoms with Crippen LogP contribution in [0.2, 0.25) is 0 Å². The van der Waals surface area contributed by atoms with Gasteiger partial charge in [-0.25, -0.2) is 8.42 Å². The van der Waals surface area contributed by atoms with Crippen molar-refractivity contribution < 1.29 is 8.42 Å². The van der Waals surface area contributed by atoms with E-state index in [1.165, 1.54) is 6.26 Å². The van der Waals surface area contributed by atoms with Crippen LogP contribution in [0.1, 0.15) is 25.7 Å². The van der Waals surface area contributed by atoms with Gasteiger partial charge >= 0.3 is 0 Å². The highest BCUT2D eigenvalue weighted by Gasteiger charge is 2.29. The van der Waals surface area contributed by atoms with Gasteiger partial charge in [0.05, 0.1) is 5.25 Å². The van der Waals surface area contributed by atoms with Gasteiger partial charge in [0.2, 0.25) is 0 Å². The quantitative estimate of drug-likeness (QED) is 0.803. The summed E-state index contributed by atoms with van der Waals surface area (Å²) in [7, 11) is 1.47. The fourth-order valence-corrected chi connectivity index (χ4v) is 4.52. The molecule has 0 aromatic heterocycles. The van der Waals surface area contributed by atoms with Crippen LogP contribution < -0.4 is 5.32 Å². The first-order valence-electron chi connectivity index (χ1n) is 7.67. The van der Waals surface area contributed by atoms with Gasteiger partial charge in [-0.15, -0.1) is 0 Å². The Kier molecular flexibility index (Phi) is 5.45. The second-order valence-corrected chi connectivity index (χ2v) is 8.95. The average molecular weight is 303 g/mol. The number of rotatable bonds is 4. The first kappa shape index (κ1) is 16.2. The molecule has 0 aromatic rings. The highest BCUT2D eigenvalue weighted by atomic mass is 32.2. The molecule has 1 saturated heterocycles. The average Bonchev–Trinajstić information content (AvgIpc) is 2.39. The van der Waals surface area contributed by atoms with E-state index >= 15 is 0 Å². The van der Waals surface area contributed by atoms with Crippen molar-refractivity contribution in [2.45, 2.75) is 43.0 Å². The predicted octanol–water partition coefficient (Wildman–Crippen LogP) is 0.178. The molecule has 0 spiro atoms. The van der Waals surface area contributed by atoms with Gasteiger partial charge in [0, 0.05) is 44.5 Å². The molecule has 1 heterocycles. The van der Waals surface area contributed by atoms with Crippen molar-refractivity contribution in [2.75, 3.05) is 46.5 Å². The van der Waals surface area contributed by atoms with E-state index in [-0.39, 0.29) is 5.25 Å². The predicted molar refractivity (Wildman–Crippen MR) is 82.8 cm³/mol. The SMILES string of the molecule is CN1CCN(C)C(CNC2CCCC(S(C)(=O)=O)C2)C1. The maximum Gasteiger partial charge on any atom is 0.150 e. The third-order valence-electron chi connectivity index (χ3n) is 4.85. The molecule has 1 aliphatic carbocycles. The fourth-order valence-electron chi connectivity index (χ4n) is 3.34. The lowest BCUT2D eigenvalue weighted by Gasteiger charge is -2.39. The normalized spacial score (nSPS) is 34.2. The minimum atomic E-state index is -2.88. The Hall–Kier alpha value is -0.170. The van der Waals surface area contributed by atoms with Gasteiger partial charge in [-0.05, 0) is 33.4 Å². The molecule has 2 rings (SSSR count). The maximum atomic E-state index is 11.7. The molecule has 0 amide bonds. The van der Waals surface area contributed by atoms with E-state index in [2.05, 4.69) is 29.2 Å². The molecule has 2 aliphatic rings. The molecule has 1 aliphatic heterocycles. The van der Waals surface area contributed by atoms with Crippen molar-refractivity contribution in [1.29, 1.82) is 0 Å². The van der Waals surface area contributed by atoms with E-state index in [1.807, 2.05) is 0 Å². The summed E-state index contributed by atoms with van der Waals surface area (Å²) in [6, 6.07) is 0.900. The van der Waals surface area contributed by atoms with Gasteiger partial charge in [0.15, 0.2) is 0 Å².